The van der Waals surface area contributed by atoms with E-state index in [4.69, 9.17) is 4.74 Å². The van der Waals surface area contributed by atoms with E-state index in [-0.39, 0.29) is 30.0 Å². The first-order valence-corrected chi connectivity index (χ1v) is 11.6. The minimum absolute atomic E-state index is 0.0145. The third-order valence-corrected chi connectivity index (χ3v) is 7.37. The average molecular weight is 399 g/mol. The van der Waals surface area contributed by atoms with Gasteiger partial charge >= 0.3 is 0 Å². The van der Waals surface area contributed by atoms with Crippen molar-refractivity contribution in [1.82, 2.24) is 9.62 Å². The van der Waals surface area contributed by atoms with Gasteiger partial charge in [-0.3, -0.25) is 0 Å². The number of nitrogens with zero attached hydrogens (tertiary/aromatic N) is 1. The Morgan fingerprint density at radius 3 is 2.59 bits per heavy atom. The molecule has 152 valence electrons. The van der Waals surface area contributed by atoms with E-state index in [0.29, 0.717) is 12.5 Å². The summed E-state index contributed by atoms with van der Waals surface area (Å²) in [5, 5.41) is 3.46. The van der Waals surface area contributed by atoms with Crippen LogP contribution in [-0.4, -0.2) is 56.9 Å². The highest BCUT2D eigenvalue weighted by atomic mass is 32.2. The summed E-state index contributed by atoms with van der Waals surface area (Å²) in [4.78, 5) is 0. The van der Waals surface area contributed by atoms with Crippen molar-refractivity contribution in [2.45, 2.75) is 69.2 Å². The zero-order valence-electron chi connectivity index (χ0n) is 16.4. The molecule has 0 radical (unpaired) electrons. The Bertz CT molecular complexity index is 734. The minimum Gasteiger partial charge on any atom is -0.377 e. The van der Waals surface area contributed by atoms with Crippen LogP contribution in [0, 0.1) is 5.82 Å². The Morgan fingerprint density at radius 2 is 1.96 bits per heavy atom. The summed E-state index contributed by atoms with van der Waals surface area (Å²) in [6, 6.07) is 7.12. The summed E-state index contributed by atoms with van der Waals surface area (Å²) < 4.78 is 44.9. The molecule has 1 saturated heterocycles. The van der Waals surface area contributed by atoms with Crippen LogP contribution >= 0.6 is 0 Å². The molecule has 0 amide bonds. The highest BCUT2D eigenvalue weighted by Crippen LogP contribution is 2.34. The van der Waals surface area contributed by atoms with E-state index in [9.17, 15) is 12.8 Å². The maximum absolute atomic E-state index is 13.4. The Morgan fingerprint density at radius 1 is 1.26 bits per heavy atom. The highest BCUT2D eigenvalue weighted by molar-refractivity contribution is 7.88. The van der Waals surface area contributed by atoms with Gasteiger partial charge in [0.25, 0.3) is 0 Å². The van der Waals surface area contributed by atoms with Crippen molar-refractivity contribution in [3.63, 3.8) is 0 Å². The number of hydrogen-bond acceptors (Lipinski definition) is 4. The van der Waals surface area contributed by atoms with Gasteiger partial charge in [0.1, 0.15) is 5.82 Å². The van der Waals surface area contributed by atoms with Crippen molar-refractivity contribution in [3.05, 3.63) is 35.6 Å². The first kappa shape index (κ1) is 20.7. The molecule has 1 aromatic carbocycles. The lowest BCUT2D eigenvalue weighted by Gasteiger charge is -2.32. The van der Waals surface area contributed by atoms with Crippen molar-refractivity contribution < 1.29 is 17.5 Å². The van der Waals surface area contributed by atoms with Crippen LogP contribution in [0.2, 0.25) is 0 Å². The van der Waals surface area contributed by atoms with E-state index in [0.717, 1.165) is 37.7 Å². The molecule has 0 spiro atoms. The number of nitrogens with one attached hydrogen (secondary N) is 1. The second kappa shape index (κ2) is 8.55. The largest absolute Gasteiger partial charge is 0.377 e. The Labute approximate surface area is 162 Å². The SMILES string of the molecule is C[C@@H]1C[C@H](N(C)S(C)(=O)=O)[C@H](COC2CCC(c3cccc(F)c3)CC2)N1. The molecule has 3 atom stereocenters. The Balaban J connectivity index is 1.50. The summed E-state index contributed by atoms with van der Waals surface area (Å²) in [5.41, 5.74) is 1.08. The molecule has 0 bridgehead atoms. The van der Waals surface area contributed by atoms with E-state index in [1.165, 1.54) is 16.6 Å². The maximum atomic E-state index is 13.4. The number of hydrogen-bond donors (Lipinski definition) is 1. The van der Waals surface area contributed by atoms with Gasteiger partial charge in [0.05, 0.1) is 19.0 Å². The maximum Gasteiger partial charge on any atom is 0.211 e. The number of benzene rings is 1. The standard InChI is InChI=1S/C20H31FN2O3S/c1-14-11-20(23(2)27(3,24)25)19(22-14)13-26-18-9-7-15(8-10-18)16-5-4-6-17(21)12-16/h4-6,12,14-15,18-20,22H,7-11,13H2,1-3H3/t14-,15?,18?,19+,20+/m1/s1. The fraction of sp³-hybridized carbons (Fsp3) is 0.700. The van der Waals surface area contributed by atoms with Crippen LogP contribution in [0.5, 0.6) is 0 Å². The van der Waals surface area contributed by atoms with Crippen LogP contribution < -0.4 is 5.32 Å². The minimum atomic E-state index is -3.22. The predicted octanol–water partition coefficient (Wildman–Crippen LogP) is 2.88. The molecule has 1 saturated carbocycles. The molecule has 0 aromatic heterocycles. The summed E-state index contributed by atoms with van der Waals surface area (Å²) in [7, 11) is -1.57. The van der Waals surface area contributed by atoms with Gasteiger partial charge < -0.3 is 10.1 Å². The van der Waals surface area contributed by atoms with Crippen molar-refractivity contribution in [3.8, 4) is 0 Å². The monoisotopic (exact) mass is 398 g/mol. The number of ether oxygens (including phenoxy) is 1. The molecule has 7 heteroatoms. The van der Waals surface area contributed by atoms with Crippen molar-refractivity contribution in [1.29, 1.82) is 0 Å². The van der Waals surface area contributed by atoms with E-state index in [2.05, 4.69) is 12.2 Å². The molecule has 0 unspecified atom stereocenters. The van der Waals surface area contributed by atoms with Gasteiger partial charge in [-0.1, -0.05) is 12.1 Å². The molecular formula is C20H31FN2O3S. The summed E-state index contributed by atoms with van der Waals surface area (Å²) in [5.74, 6) is 0.225. The van der Waals surface area contributed by atoms with E-state index in [1.807, 2.05) is 6.07 Å². The van der Waals surface area contributed by atoms with Gasteiger partial charge in [0.15, 0.2) is 0 Å². The third-order valence-electron chi connectivity index (χ3n) is 6.05. The van der Waals surface area contributed by atoms with Gasteiger partial charge in [-0.25, -0.2) is 17.1 Å². The average Bonchev–Trinajstić information content (AvgIpc) is 2.99. The molecule has 2 aliphatic rings. The quantitative estimate of drug-likeness (QED) is 0.801. The molecule has 1 aliphatic heterocycles. The number of sulfonamides is 1. The second-order valence-electron chi connectivity index (χ2n) is 8.12. The molecular weight excluding hydrogens is 367 g/mol. The van der Waals surface area contributed by atoms with Crippen molar-refractivity contribution >= 4 is 10.0 Å². The molecule has 1 aromatic rings. The fourth-order valence-corrected chi connectivity index (χ4v) is 5.17. The molecule has 1 N–H and O–H groups in total. The summed E-state index contributed by atoms with van der Waals surface area (Å²) in [6.07, 6.45) is 6.14. The lowest BCUT2D eigenvalue weighted by molar-refractivity contribution is 0.00880. The Kier molecular flexibility index (Phi) is 6.56. The summed E-state index contributed by atoms with van der Waals surface area (Å²) in [6.45, 7) is 2.59. The predicted molar refractivity (Wildman–Crippen MR) is 105 cm³/mol. The van der Waals surface area contributed by atoms with Crippen molar-refractivity contribution in [2.24, 2.45) is 0 Å². The van der Waals surface area contributed by atoms with Crippen molar-refractivity contribution in [2.75, 3.05) is 19.9 Å². The first-order valence-electron chi connectivity index (χ1n) is 9.80. The number of rotatable bonds is 6. The zero-order valence-corrected chi connectivity index (χ0v) is 17.2. The zero-order chi connectivity index (χ0) is 19.6. The van der Waals surface area contributed by atoms with Gasteiger partial charge in [-0.15, -0.1) is 0 Å². The number of halogens is 1. The fourth-order valence-electron chi connectivity index (χ4n) is 4.44. The molecule has 27 heavy (non-hydrogen) atoms. The molecule has 3 rings (SSSR count). The third kappa shape index (κ3) is 5.28. The lowest BCUT2D eigenvalue weighted by atomic mass is 9.83. The second-order valence-corrected chi connectivity index (χ2v) is 10.2. The summed E-state index contributed by atoms with van der Waals surface area (Å²) >= 11 is 0. The molecule has 1 aliphatic carbocycles. The molecule has 2 fully saturated rings. The lowest BCUT2D eigenvalue weighted by Crippen LogP contribution is -2.47. The van der Waals surface area contributed by atoms with Gasteiger partial charge in [-0.2, -0.15) is 0 Å². The smallest absolute Gasteiger partial charge is 0.211 e. The molecule has 5 nitrogen and oxygen atoms in total. The van der Waals surface area contributed by atoms with Gasteiger partial charge in [0.2, 0.25) is 10.0 Å². The Hall–Kier alpha value is -1.02. The van der Waals surface area contributed by atoms with E-state index >= 15 is 0 Å². The molecule has 1 heterocycles. The number of likely N-dealkylation sites (N-methyl/N-ethyl adjacent to an activating group) is 1. The van der Waals surface area contributed by atoms with Crippen LogP contribution in [-0.2, 0) is 14.8 Å². The van der Waals surface area contributed by atoms with E-state index in [1.54, 1.807) is 19.2 Å². The van der Waals surface area contributed by atoms with Crippen LogP contribution in [0.3, 0.4) is 0 Å². The normalized spacial score (nSPS) is 32.1. The first-order chi connectivity index (χ1) is 12.7. The topological polar surface area (TPSA) is 58.6 Å². The van der Waals surface area contributed by atoms with Crippen LogP contribution in [0.15, 0.2) is 24.3 Å². The van der Waals surface area contributed by atoms with Crippen LogP contribution in [0.25, 0.3) is 0 Å². The van der Waals surface area contributed by atoms with E-state index < -0.39 is 10.0 Å². The van der Waals surface area contributed by atoms with Gasteiger partial charge in [-0.05, 0) is 62.6 Å². The van der Waals surface area contributed by atoms with Gasteiger partial charge in [0, 0.05) is 25.2 Å². The highest BCUT2D eigenvalue weighted by Gasteiger charge is 2.38. The van der Waals surface area contributed by atoms with Crippen LogP contribution in [0.1, 0.15) is 50.5 Å². The van der Waals surface area contributed by atoms with Crippen LogP contribution in [0.4, 0.5) is 4.39 Å².